The molecule has 2 atom stereocenters. The Balaban J connectivity index is 0.00000208. The van der Waals surface area contributed by atoms with Crippen molar-refractivity contribution in [1.82, 2.24) is 14.9 Å². The molecule has 1 aromatic rings. The van der Waals surface area contributed by atoms with E-state index in [-0.39, 0.29) is 36.8 Å². The molecule has 0 radical (unpaired) electrons. The number of nitrogens with one attached hydrogen (secondary N) is 2. The Labute approximate surface area is 149 Å². The second-order valence-corrected chi connectivity index (χ2v) is 8.15. The topological polar surface area (TPSA) is 78.5 Å². The van der Waals surface area contributed by atoms with Crippen LogP contribution in [0.1, 0.15) is 19.3 Å². The molecular weight excluding hydrogens is 350 g/mol. The zero-order valence-corrected chi connectivity index (χ0v) is 15.1. The molecule has 0 saturated carbocycles. The monoisotopic (exact) mass is 373 g/mol. The summed E-state index contributed by atoms with van der Waals surface area (Å²) in [6.45, 7) is 2.46. The number of amides is 1. The zero-order valence-electron chi connectivity index (χ0n) is 13.5. The summed E-state index contributed by atoms with van der Waals surface area (Å²) < 4.78 is 26.8. The lowest BCUT2D eigenvalue weighted by molar-refractivity contribution is -0.126. The van der Waals surface area contributed by atoms with Crippen LogP contribution in [0.3, 0.4) is 0 Å². The zero-order chi connectivity index (χ0) is 16.3. The molecule has 2 heterocycles. The molecule has 2 unspecified atom stereocenters. The number of halogens is 1. The molecule has 1 aromatic carbocycles. The Morgan fingerprint density at radius 2 is 1.96 bits per heavy atom. The quantitative estimate of drug-likeness (QED) is 0.824. The van der Waals surface area contributed by atoms with Crippen molar-refractivity contribution in [2.75, 3.05) is 26.2 Å². The molecule has 0 spiro atoms. The molecule has 2 fully saturated rings. The minimum absolute atomic E-state index is 0. The van der Waals surface area contributed by atoms with E-state index in [1.165, 1.54) is 4.31 Å². The molecule has 134 valence electrons. The summed E-state index contributed by atoms with van der Waals surface area (Å²) in [5, 5.41) is 6.25. The molecule has 6 nitrogen and oxygen atoms in total. The van der Waals surface area contributed by atoms with Gasteiger partial charge in [-0.1, -0.05) is 18.2 Å². The van der Waals surface area contributed by atoms with Crippen LogP contribution >= 0.6 is 12.4 Å². The average molecular weight is 374 g/mol. The highest BCUT2D eigenvalue weighted by molar-refractivity contribution is 7.89. The van der Waals surface area contributed by atoms with Gasteiger partial charge in [0.1, 0.15) is 0 Å². The Bertz CT molecular complexity index is 648. The number of hydrogen-bond acceptors (Lipinski definition) is 4. The van der Waals surface area contributed by atoms with Crippen LogP contribution < -0.4 is 10.6 Å². The van der Waals surface area contributed by atoms with Gasteiger partial charge in [-0.25, -0.2) is 8.42 Å². The smallest absolute Gasteiger partial charge is 0.243 e. The Morgan fingerprint density at radius 3 is 2.62 bits per heavy atom. The molecule has 2 saturated heterocycles. The summed E-state index contributed by atoms with van der Waals surface area (Å²) in [6.07, 6.45) is 2.39. The van der Waals surface area contributed by atoms with Crippen molar-refractivity contribution < 1.29 is 13.2 Å². The van der Waals surface area contributed by atoms with E-state index >= 15 is 0 Å². The fourth-order valence-electron chi connectivity index (χ4n) is 3.21. The van der Waals surface area contributed by atoms with Gasteiger partial charge in [0.15, 0.2) is 0 Å². The molecule has 24 heavy (non-hydrogen) atoms. The van der Waals surface area contributed by atoms with E-state index in [2.05, 4.69) is 10.6 Å². The van der Waals surface area contributed by atoms with Crippen LogP contribution in [0, 0.1) is 5.92 Å². The van der Waals surface area contributed by atoms with Crippen LogP contribution in [0.5, 0.6) is 0 Å². The molecule has 0 aromatic heterocycles. The lowest BCUT2D eigenvalue weighted by Gasteiger charge is -2.31. The highest BCUT2D eigenvalue weighted by Crippen LogP contribution is 2.24. The first-order valence-corrected chi connectivity index (χ1v) is 9.57. The van der Waals surface area contributed by atoms with E-state index in [9.17, 15) is 13.2 Å². The molecule has 8 heteroatoms. The van der Waals surface area contributed by atoms with Crippen LogP contribution in [0.2, 0.25) is 0 Å². The van der Waals surface area contributed by atoms with Gasteiger partial charge in [-0.3, -0.25) is 4.79 Å². The minimum atomic E-state index is -3.51. The number of benzene rings is 1. The van der Waals surface area contributed by atoms with Gasteiger partial charge in [-0.2, -0.15) is 4.31 Å². The van der Waals surface area contributed by atoms with E-state index < -0.39 is 10.0 Å². The first-order chi connectivity index (χ1) is 11.1. The lowest BCUT2D eigenvalue weighted by atomic mass is 9.98. The Morgan fingerprint density at radius 1 is 1.21 bits per heavy atom. The van der Waals surface area contributed by atoms with Crippen molar-refractivity contribution in [3.05, 3.63) is 30.3 Å². The molecule has 0 aliphatic carbocycles. The van der Waals surface area contributed by atoms with Gasteiger partial charge in [-0.15, -0.1) is 12.4 Å². The van der Waals surface area contributed by atoms with Crippen LogP contribution in [0.4, 0.5) is 0 Å². The summed E-state index contributed by atoms with van der Waals surface area (Å²) >= 11 is 0. The van der Waals surface area contributed by atoms with E-state index in [0.717, 1.165) is 25.9 Å². The molecule has 2 N–H and O–H groups in total. The predicted molar refractivity (Wildman–Crippen MR) is 94.6 cm³/mol. The van der Waals surface area contributed by atoms with Gasteiger partial charge >= 0.3 is 0 Å². The van der Waals surface area contributed by atoms with Crippen LogP contribution in [-0.2, 0) is 14.8 Å². The van der Waals surface area contributed by atoms with E-state index in [4.69, 9.17) is 0 Å². The molecular formula is C16H24ClN3O3S. The summed E-state index contributed by atoms with van der Waals surface area (Å²) in [6, 6.07) is 8.60. The third-order valence-corrected chi connectivity index (χ3v) is 6.42. The number of carbonyl (C=O) groups is 1. The second-order valence-electron chi connectivity index (χ2n) is 6.21. The van der Waals surface area contributed by atoms with Gasteiger partial charge in [0, 0.05) is 25.7 Å². The van der Waals surface area contributed by atoms with Crippen molar-refractivity contribution in [3.8, 4) is 0 Å². The van der Waals surface area contributed by atoms with Crippen molar-refractivity contribution >= 4 is 28.3 Å². The van der Waals surface area contributed by atoms with Gasteiger partial charge in [-0.05, 0) is 37.9 Å². The molecule has 2 aliphatic rings. The van der Waals surface area contributed by atoms with Gasteiger partial charge in [0.25, 0.3) is 0 Å². The summed E-state index contributed by atoms with van der Waals surface area (Å²) in [5.74, 6) is -0.283. The number of nitrogens with zero attached hydrogens (tertiary/aromatic N) is 1. The maximum Gasteiger partial charge on any atom is 0.243 e. The SMILES string of the molecule is Cl.O=C(NC1CCNC1)C1CCCN(S(=O)(=O)c2ccccc2)C1. The first kappa shape index (κ1) is 19.2. The van der Waals surface area contributed by atoms with Crippen molar-refractivity contribution in [1.29, 1.82) is 0 Å². The van der Waals surface area contributed by atoms with Crippen LogP contribution in [0.15, 0.2) is 35.2 Å². The normalized spacial score (nSPS) is 25.0. The maximum absolute atomic E-state index is 12.7. The largest absolute Gasteiger partial charge is 0.352 e. The number of sulfonamides is 1. The fraction of sp³-hybridized carbons (Fsp3) is 0.562. The van der Waals surface area contributed by atoms with E-state index in [1.54, 1.807) is 30.3 Å². The number of piperidine rings is 1. The maximum atomic E-state index is 12.7. The van der Waals surface area contributed by atoms with Crippen LogP contribution in [0.25, 0.3) is 0 Å². The predicted octanol–water partition coefficient (Wildman–Crippen LogP) is 0.987. The van der Waals surface area contributed by atoms with E-state index in [1.807, 2.05) is 0 Å². The Kier molecular flexibility index (Phi) is 6.62. The van der Waals surface area contributed by atoms with Gasteiger partial charge < -0.3 is 10.6 Å². The summed E-state index contributed by atoms with van der Waals surface area (Å²) in [5.41, 5.74) is 0. The van der Waals surface area contributed by atoms with Crippen molar-refractivity contribution in [2.24, 2.45) is 5.92 Å². The average Bonchev–Trinajstić information content (AvgIpc) is 3.09. The summed E-state index contributed by atoms with van der Waals surface area (Å²) in [4.78, 5) is 12.7. The Hall–Kier alpha value is -1.15. The standard InChI is InChI=1S/C16H23N3O3S.ClH/c20-16(18-14-8-9-17-11-14)13-5-4-10-19(12-13)23(21,22)15-6-2-1-3-7-15;/h1-3,6-7,13-14,17H,4-5,8-12H2,(H,18,20);1H. The number of rotatable bonds is 4. The van der Waals surface area contributed by atoms with Gasteiger partial charge in [0.05, 0.1) is 10.8 Å². The fourth-order valence-corrected chi connectivity index (χ4v) is 4.76. The van der Waals surface area contributed by atoms with Gasteiger partial charge in [0.2, 0.25) is 15.9 Å². The number of carbonyl (C=O) groups excluding carboxylic acids is 1. The minimum Gasteiger partial charge on any atom is -0.352 e. The molecule has 1 amide bonds. The second kappa shape index (κ2) is 8.29. The molecule has 3 rings (SSSR count). The molecule has 2 aliphatic heterocycles. The van der Waals surface area contributed by atoms with Crippen molar-refractivity contribution in [3.63, 3.8) is 0 Å². The lowest BCUT2D eigenvalue weighted by Crippen LogP contribution is -2.47. The third-order valence-electron chi connectivity index (χ3n) is 4.54. The van der Waals surface area contributed by atoms with E-state index in [0.29, 0.717) is 17.9 Å². The summed E-state index contributed by atoms with van der Waals surface area (Å²) in [7, 11) is -3.51. The third kappa shape index (κ3) is 4.27. The number of hydrogen-bond donors (Lipinski definition) is 2. The highest BCUT2D eigenvalue weighted by Gasteiger charge is 2.34. The van der Waals surface area contributed by atoms with Crippen molar-refractivity contribution in [2.45, 2.75) is 30.2 Å². The first-order valence-electron chi connectivity index (χ1n) is 8.13. The highest BCUT2D eigenvalue weighted by atomic mass is 35.5. The van der Waals surface area contributed by atoms with Crippen LogP contribution in [-0.4, -0.2) is 50.9 Å². The molecule has 0 bridgehead atoms.